The Morgan fingerprint density at radius 1 is 1.03 bits per heavy atom. The van der Waals surface area contributed by atoms with Crippen molar-refractivity contribution in [3.63, 3.8) is 0 Å². The van der Waals surface area contributed by atoms with Crippen molar-refractivity contribution in [2.75, 3.05) is 14.2 Å². The lowest BCUT2D eigenvalue weighted by atomic mass is 9.97. The minimum Gasteiger partial charge on any atom is -0.493 e. The zero-order valence-electron chi connectivity index (χ0n) is 19.0. The summed E-state index contributed by atoms with van der Waals surface area (Å²) in [5, 5.41) is 9.38. The van der Waals surface area contributed by atoms with E-state index in [4.69, 9.17) is 14.5 Å². The van der Waals surface area contributed by atoms with Crippen molar-refractivity contribution in [1.29, 1.82) is 5.26 Å². The van der Waals surface area contributed by atoms with Gasteiger partial charge in [0, 0.05) is 18.2 Å². The van der Waals surface area contributed by atoms with Crippen LogP contribution in [0.5, 0.6) is 11.5 Å². The van der Waals surface area contributed by atoms with Crippen LogP contribution in [0, 0.1) is 32.1 Å². The monoisotopic (exact) mass is 430 g/mol. The van der Waals surface area contributed by atoms with Gasteiger partial charge in [-0.25, -0.2) is 9.79 Å². The van der Waals surface area contributed by atoms with E-state index in [0.717, 1.165) is 39.2 Å². The number of benzene rings is 2. The Kier molecular flexibility index (Phi) is 5.62. The van der Waals surface area contributed by atoms with E-state index < -0.39 is 0 Å². The Hall–Kier alpha value is -3.79. The lowest BCUT2D eigenvalue weighted by Gasteiger charge is -2.24. The molecule has 0 saturated carbocycles. The highest BCUT2D eigenvalue weighted by atomic mass is 16.5. The second kappa shape index (κ2) is 8.39. The maximum Gasteiger partial charge on any atom is 0.331 e. The summed E-state index contributed by atoms with van der Waals surface area (Å²) >= 11 is 0. The molecule has 7 heteroatoms. The highest BCUT2D eigenvalue weighted by Crippen LogP contribution is 2.37. The molecule has 0 unspecified atom stereocenters. The van der Waals surface area contributed by atoms with Crippen LogP contribution in [0.1, 0.15) is 22.3 Å². The summed E-state index contributed by atoms with van der Waals surface area (Å²) in [7, 11) is 3.20. The highest BCUT2D eigenvalue weighted by molar-refractivity contribution is 5.70. The van der Waals surface area contributed by atoms with Crippen LogP contribution in [0.2, 0.25) is 0 Å². The van der Waals surface area contributed by atoms with E-state index in [1.54, 1.807) is 18.8 Å². The van der Waals surface area contributed by atoms with Gasteiger partial charge in [-0.05, 0) is 56.0 Å². The maximum atomic E-state index is 13.4. The van der Waals surface area contributed by atoms with Crippen LogP contribution >= 0.6 is 0 Å². The molecule has 4 rings (SSSR count). The summed E-state index contributed by atoms with van der Waals surface area (Å²) in [5.41, 5.74) is 6.97. The second-order valence-electron chi connectivity index (χ2n) is 8.04. The zero-order chi connectivity index (χ0) is 23.0. The summed E-state index contributed by atoms with van der Waals surface area (Å²) in [5.74, 6) is 1.26. The number of rotatable bonds is 4. The normalized spacial score (nSPS) is 12.7. The first-order valence-corrected chi connectivity index (χ1v) is 10.5. The Balaban J connectivity index is 2.04. The molecule has 0 fully saturated rings. The first kappa shape index (κ1) is 21.4. The first-order chi connectivity index (χ1) is 15.4. The molecule has 1 aliphatic heterocycles. The molecule has 0 amide bonds. The third-order valence-electron chi connectivity index (χ3n) is 5.88. The molecule has 0 spiro atoms. The highest BCUT2D eigenvalue weighted by Gasteiger charge is 2.22. The summed E-state index contributed by atoms with van der Waals surface area (Å²) in [6.07, 6.45) is 0.682. The van der Waals surface area contributed by atoms with Crippen LogP contribution in [-0.2, 0) is 19.5 Å². The molecule has 0 radical (unpaired) electrons. The van der Waals surface area contributed by atoms with Gasteiger partial charge in [0.15, 0.2) is 11.5 Å². The van der Waals surface area contributed by atoms with E-state index in [2.05, 4.69) is 18.2 Å². The topological polar surface area (TPSA) is 81.5 Å². The lowest BCUT2D eigenvalue weighted by molar-refractivity contribution is 0.354. The number of aromatic nitrogens is 2. The van der Waals surface area contributed by atoms with Crippen LogP contribution in [0.3, 0.4) is 0 Å². The van der Waals surface area contributed by atoms with Gasteiger partial charge in [0.2, 0.25) is 0 Å². The number of aryl methyl sites for hydroxylation is 4. The van der Waals surface area contributed by atoms with Gasteiger partial charge in [0.25, 0.3) is 0 Å². The number of fused-ring (bicyclic) bond motifs is 3. The van der Waals surface area contributed by atoms with E-state index in [9.17, 15) is 10.1 Å². The average molecular weight is 431 g/mol. The Morgan fingerprint density at radius 2 is 1.69 bits per heavy atom. The molecule has 1 aromatic heterocycles. The van der Waals surface area contributed by atoms with Gasteiger partial charge in [-0.1, -0.05) is 17.7 Å². The summed E-state index contributed by atoms with van der Waals surface area (Å²) in [6.45, 7) is 6.51. The molecule has 32 heavy (non-hydrogen) atoms. The van der Waals surface area contributed by atoms with Crippen molar-refractivity contribution in [2.45, 2.75) is 40.3 Å². The summed E-state index contributed by atoms with van der Waals surface area (Å²) in [6, 6.07) is 12.0. The summed E-state index contributed by atoms with van der Waals surface area (Å²) < 4.78 is 14.1. The van der Waals surface area contributed by atoms with Crippen molar-refractivity contribution < 1.29 is 9.47 Å². The molecule has 0 saturated heterocycles. The van der Waals surface area contributed by atoms with Crippen molar-refractivity contribution in [2.24, 2.45) is 4.99 Å². The Bertz CT molecular complexity index is 1370. The van der Waals surface area contributed by atoms with Gasteiger partial charge in [-0.15, -0.1) is 0 Å². The van der Waals surface area contributed by atoms with E-state index >= 15 is 0 Å². The zero-order valence-corrected chi connectivity index (χ0v) is 19.0. The predicted molar refractivity (Wildman–Crippen MR) is 122 cm³/mol. The molecule has 7 nitrogen and oxygen atoms in total. The predicted octanol–water partition coefficient (Wildman–Crippen LogP) is 3.57. The standard InChI is InChI=1S/C25H26N4O3/c1-15-10-16(2)24(17(3)11-15)27-23-14-20-19-13-22(32-5)21(31-4)12-18(19)6-8-28(20)25(30)29(23)9-7-26/h10-14H,6,8-9H2,1-5H3/b27-23-. The fraction of sp³-hybridized carbons (Fsp3) is 0.320. The van der Waals surface area contributed by atoms with Crippen molar-refractivity contribution in [1.82, 2.24) is 9.13 Å². The third-order valence-corrected chi connectivity index (χ3v) is 5.88. The van der Waals surface area contributed by atoms with Gasteiger partial charge in [0.05, 0.1) is 31.7 Å². The molecule has 164 valence electrons. The molecule has 2 heterocycles. The molecular weight excluding hydrogens is 404 g/mol. The molecule has 0 aliphatic carbocycles. The van der Waals surface area contributed by atoms with Crippen molar-refractivity contribution in [3.05, 3.63) is 68.6 Å². The Morgan fingerprint density at radius 3 is 2.31 bits per heavy atom. The van der Waals surface area contributed by atoms with Crippen LogP contribution < -0.4 is 20.7 Å². The first-order valence-electron chi connectivity index (χ1n) is 10.5. The minimum atomic E-state index is -0.245. The quantitative estimate of drug-likeness (QED) is 0.634. The number of methoxy groups -OCH3 is 2. The summed E-state index contributed by atoms with van der Waals surface area (Å²) in [4.78, 5) is 18.2. The van der Waals surface area contributed by atoms with Crippen molar-refractivity contribution >= 4 is 5.69 Å². The van der Waals surface area contributed by atoms with E-state index in [-0.39, 0.29) is 12.2 Å². The SMILES string of the molecule is COc1cc2c(cc1OC)-c1c/c(=N/c3c(C)cc(C)cc3C)n(CC#N)c(=O)n1CC2. The molecule has 0 bridgehead atoms. The number of hydrogen-bond donors (Lipinski definition) is 0. The van der Waals surface area contributed by atoms with Gasteiger partial charge < -0.3 is 9.47 Å². The van der Waals surface area contributed by atoms with E-state index in [1.807, 2.05) is 39.0 Å². The molecule has 3 aromatic rings. The maximum absolute atomic E-state index is 13.4. The smallest absolute Gasteiger partial charge is 0.331 e. The van der Waals surface area contributed by atoms with Crippen LogP contribution in [-0.4, -0.2) is 23.4 Å². The van der Waals surface area contributed by atoms with Gasteiger partial charge in [-0.3, -0.25) is 9.13 Å². The van der Waals surface area contributed by atoms with Crippen LogP contribution in [0.4, 0.5) is 5.69 Å². The number of hydrogen-bond acceptors (Lipinski definition) is 5. The van der Waals surface area contributed by atoms with Gasteiger partial charge >= 0.3 is 5.69 Å². The minimum absolute atomic E-state index is 0.0688. The second-order valence-corrected chi connectivity index (χ2v) is 8.04. The fourth-order valence-corrected chi connectivity index (χ4v) is 4.44. The average Bonchev–Trinajstić information content (AvgIpc) is 2.77. The van der Waals surface area contributed by atoms with E-state index in [0.29, 0.717) is 30.0 Å². The molecule has 0 atom stereocenters. The Labute approximate surface area is 186 Å². The largest absolute Gasteiger partial charge is 0.493 e. The van der Waals surface area contributed by atoms with Crippen LogP contribution in [0.15, 0.2) is 40.1 Å². The fourth-order valence-electron chi connectivity index (χ4n) is 4.44. The third kappa shape index (κ3) is 3.58. The molecular formula is C25H26N4O3. The molecule has 0 N–H and O–H groups in total. The number of nitrogens with zero attached hydrogens (tertiary/aromatic N) is 4. The van der Waals surface area contributed by atoms with E-state index in [1.165, 1.54) is 4.57 Å². The molecule has 1 aliphatic rings. The number of ether oxygens (including phenoxy) is 2. The lowest BCUT2D eigenvalue weighted by Crippen LogP contribution is -2.42. The van der Waals surface area contributed by atoms with Gasteiger partial charge in [0.1, 0.15) is 12.0 Å². The molecule has 2 aromatic carbocycles. The van der Waals surface area contributed by atoms with Crippen LogP contribution in [0.25, 0.3) is 11.3 Å². The van der Waals surface area contributed by atoms with Crippen molar-refractivity contribution in [3.8, 4) is 28.8 Å². The number of nitriles is 1. The van der Waals surface area contributed by atoms with Gasteiger partial charge in [-0.2, -0.15) is 5.26 Å².